The molecule has 9 heteroatoms. The predicted octanol–water partition coefficient (Wildman–Crippen LogP) is 0.203. The average molecular weight is 346 g/mol. The van der Waals surface area contributed by atoms with Gasteiger partial charge in [0.05, 0.1) is 12.6 Å². The molecule has 3 heterocycles. The van der Waals surface area contributed by atoms with Crippen LogP contribution in [0.5, 0.6) is 0 Å². The molecule has 2 aromatic rings. The summed E-state index contributed by atoms with van der Waals surface area (Å²) in [5.74, 6) is 6.46. The Morgan fingerprint density at radius 3 is 2.67 bits per heavy atom. The normalized spacial score (nSPS) is 14.3. The molecule has 8 nitrogen and oxygen atoms in total. The SMILES string of the molecule is CC#CCn1c(N2CCNCC2)nc2nc(Cl)n(CC#N)c(=O)c21. The van der Waals surface area contributed by atoms with Gasteiger partial charge in [0.25, 0.3) is 5.56 Å². The molecule has 2 aromatic heterocycles. The van der Waals surface area contributed by atoms with Gasteiger partial charge in [-0.2, -0.15) is 15.2 Å². The Morgan fingerprint density at radius 1 is 1.25 bits per heavy atom. The Balaban J connectivity index is 2.24. The molecule has 1 fully saturated rings. The summed E-state index contributed by atoms with van der Waals surface area (Å²) >= 11 is 6.04. The van der Waals surface area contributed by atoms with E-state index in [0.29, 0.717) is 18.0 Å². The number of aromatic nitrogens is 4. The fraction of sp³-hybridized carbons (Fsp3) is 0.467. The van der Waals surface area contributed by atoms with E-state index in [1.807, 2.05) is 6.07 Å². The molecule has 124 valence electrons. The molecule has 3 rings (SSSR count). The van der Waals surface area contributed by atoms with E-state index in [2.05, 4.69) is 32.0 Å². The first-order chi connectivity index (χ1) is 11.7. The second-order valence-corrected chi connectivity index (χ2v) is 5.60. The molecule has 0 aromatic carbocycles. The first-order valence-electron chi connectivity index (χ1n) is 7.56. The van der Waals surface area contributed by atoms with Gasteiger partial charge >= 0.3 is 0 Å². The van der Waals surface area contributed by atoms with Gasteiger partial charge in [-0.25, -0.2) is 0 Å². The fourth-order valence-corrected chi connectivity index (χ4v) is 2.92. The van der Waals surface area contributed by atoms with Gasteiger partial charge < -0.3 is 10.2 Å². The first kappa shape index (κ1) is 16.3. The quantitative estimate of drug-likeness (QED) is 0.631. The number of halogens is 1. The molecule has 24 heavy (non-hydrogen) atoms. The van der Waals surface area contributed by atoms with Crippen molar-refractivity contribution >= 4 is 28.7 Å². The number of nitrogens with zero attached hydrogens (tertiary/aromatic N) is 6. The van der Waals surface area contributed by atoms with Gasteiger partial charge in [0.15, 0.2) is 11.2 Å². The van der Waals surface area contributed by atoms with Crippen molar-refractivity contribution in [1.29, 1.82) is 5.26 Å². The van der Waals surface area contributed by atoms with Crippen LogP contribution in [0.25, 0.3) is 11.2 Å². The van der Waals surface area contributed by atoms with Gasteiger partial charge in [-0.05, 0) is 18.5 Å². The van der Waals surface area contributed by atoms with E-state index < -0.39 is 0 Å². The molecular formula is C15H16ClN7O. The van der Waals surface area contributed by atoms with Gasteiger partial charge in [0.2, 0.25) is 11.2 Å². The molecule has 0 amide bonds. The highest BCUT2D eigenvalue weighted by Gasteiger charge is 2.23. The fourth-order valence-electron chi connectivity index (χ4n) is 2.70. The lowest BCUT2D eigenvalue weighted by atomic mass is 10.4. The second kappa shape index (κ2) is 6.91. The molecule has 0 spiro atoms. The van der Waals surface area contributed by atoms with Crippen molar-refractivity contribution in [2.45, 2.75) is 20.0 Å². The standard InChI is InChI=1S/C15H16ClN7O/c1-2-3-7-22-11-12(19-14(16)23(8-4-17)13(11)24)20-15(22)21-9-5-18-6-10-21/h18H,5-10H2,1H3. The number of rotatable bonds is 3. The third-order valence-electron chi connectivity index (χ3n) is 3.84. The Bertz CT molecular complexity index is 922. The lowest BCUT2D eigenvalue weighted by Gasteiger charge is -2.28. The summed E-state index contributed by atoms with van der Waals surface area (Å²) < 4.78 is 2.90. The monoisotopic (exact) mass is 345 g/mol. The smallest absolute Gasteiger partial charge is 0.281 e. The van der Waals surface area contributed by atoms with Crippen LogP contribution in [-0.4, -0.2) is 45.3 Å². The zero-order valence-corrected chi connectivity index (χ0v) is 14.0. The molecule has 0 radical (unpaired) electrons. The number of fused-ring (bicyclic) bond motifs is 1. The topological polar surface area (TPSA) is 91.8 Å². The largest absolute Gasteiger partial charge is 0.340 e. The molecule has 1 aliphatic heterocycles. The highest BCUT2D eigenvalue weighted by atomic mass is 35.5. The van der Waals surface area contributed by atoms with Crippen LogP contribution >= 0.6 is 11.6 Å². The van der Waals surface area contributed by atoms with Gasteiger partial charge in [-0.3, -0.25) is 13.9 Å². The van der Waals surface area contributed by atoms with Gasteiger partial charge in [0.1, 0.15) is 6.54 Å². The van der Waals surface area contributed by atoms with Crippen molar-refractivity contribution in [2.24, 2.45) is 0 Å². The van der Waals surface area contributed by atoms with E-state index in [4.69, 9.17) is 16.9 Å². The Kier molecular flexibility index (Phi) is 4.70. The third kappa shape index (κ3) is 2.82. The Labute approximate surface area is 143 Å². The molecule has 0 aliphatic carbocycles. The average Bonchev–Trinajstić information content (AvgIpc) is 2.96. The summed E-state index contributed by atoms with van der Waals surface area (Å²) in [6.45, 7) is 5.16. The number of nitriles is 1. The zero-order chi connectivity index (χ0) is 17.1. The highest BCUT2D eigenvalue weighted by Crippen LogP contribution is 2.21. The van der Waals surface area contributed by atoms with Crippen LogP contribution < -0.4 is 15.8 Å². The number of piperazine rings is 1. The van der Waals surface area contributed by atoms with Crippen LogP contribution in [0.15, 0.2) is 4.79 Å². The van der Waals surface area contributed by atoms with E-state index in [9.17, 15) is 4.79 Å². The highest BCUT2D eigenvalue weighted by molar-refractivity contribution is 6.28. The number of hydrogen-bond acceptors (Lipinski definition) is 6. The van der Waals surface area contributed by atoms with E-state index in [-0.39, 0.29) is 23.0 Å². The lowest BCUT2D eigenvalue weighted by Crippen LogP contribution is -2.44. The molecule has 1 saturated heterocycles. The van der Waals surface area contributed by atoms with Gasteiger partial charge in [0, 0.05) is 26.2 Å². The number of imidazole rings is 1. The van der Waals surface area contributed by atoms with Crippen molar-refractivity contribution < 1.29 is 0 Å². The summed E-state index contributed by atoms with van der Waals surface area (Å²) in [6, 6.07) is 1.93. The lowest BCUT2D eigenvalue weighted by molar-refractivity contribution is 0.573. The first-order valence-corrected chi connectivity index (χ1v) is 7.94. The van der Waals surface area contributed by atoms with Crippen molar-refractivity contribution in [1.82, 2.24) is 24.4 Å². The molecule has 0 saturated carbocycles. The number of anilines is 1. The molecule has 0 bridgehead atoms. The van der Waals surface area contributed by atoms with Crippen molar-refractivity contribution in [3.8, 4) is 17.9 Å². The number of hydrogen-bond donors (Lipinski definition) is 1. The van der Waals surface area contributed by atoms with E-state index in [0.717, 1.165) is 30.7 Å². The van der Waals surface area contributed by atoms with Gasteiger partial charge in [-0.15, -0.1) is 5.92 Å². The molecule has 1 N–H and O–H groups in total. The maximum absolute atomic E-state index is 12.8. The summed E-state index contributed by atoms with van der Waals surface area (Å²) in [5.41, 5.74) is 0.231. The summed E-state index contributed by atoms with van der Waals surface area (Å²) in [7, 11) is 0. The van der Waals surface area contributed by atoms with Crippen LogP contribution in [-0.2, 0) is 13.1 Å². The maximum Gasteiger partial charge on any atom is 0.281 e. The van der Waals surface area contributed by atoms with Crippen molar-refractivity contribution in [2.75, 3.05) is 31.1 Å². The van der Waals surface area contributed by atoms with Crippen LogP contribution in [0.4, 0.5) is 5.95 Å². The molecule has 0 unspecified atom stereocenters. The second-order valence-electron chi connectivity index (χ2n) is 5.26. The van der Waals surface area contributed by atoms with Crippen LogP contribution in [0, 0.1) is 23.2 Å². The van der Waals surface area contributed by atoms with Crippen molar-refractivity contribution in [3.63, 3.8) is 0 Å². The summed E-state index contributed by atoms with van der Waals surface area (Å²) in [5, 5.41) is 12.2. The molecular weight excluding hydrogens is 330 g/mol. The van der Waals surface area contributed by atoms with E-state index in [1.54, 1.807) is 11.5 Å². The van der Waals surface area contributed by atoms with Crippen LogP contribution in [0.2, 0.25) is 5.28 Å². The van der Waals surface area contributed by atoms with E-state index >= 15 is 0 Å². The van der Waals surface area contributed by atoms with Crippen molar-refractivity contribution in [3.05, 3.63) is 15.6 Å². The predicted molar refractivity (Wildman–Crippen MR) is 90.9 cm³/mol. The summed E-state index contributed by atoms with van der Waals surface area (Å²) in [6.07, 6.45) is 0. The van der Waals surface area contributed by atoms with E-state index in [1.165, 1.54) is 0 Å². The third-order valence-corrected chi connectivity index (χ3v) is 4.13. The maximum atomic E-state index is 12.8. The minimum Gasteiger partial charge on any atom is -0.340 e. The summed E-state index contributed by atoms with van der Waals surface area (Å²) in [4.78, 5) is 23.6. The molecule has 0 atom stereocenters. The van der Waals surface area contributed by atoms with Crippen LogP contribution in [0.3, 0.4) is 0 Å². The Hall–Kier alpha value is -2.55. The number of nitrogens with one attached hydrogen (secondary N) is 1. The Morgan fingerprint density at radius 2 is 2.00 bits per heavy atom. The zero-order valence-electron chi connectivity index (χ0n) is 13.2. The van der Waals surface area contributed by atoms with Gasteiger partial charge in [-0.1, -0.05) is 5.92 Å². The minimum atomic E-state index is -0.377. The van der Waals surface area contributed by atoms with Crippen LogP contribution in [0.1, 0.15) is 6.92 Å². The molecule has 1 aliphatic rings. The minimum absolute atomic E-state index is 0.0351.